The Hall–Kier alpha value is -2.83. The van der Waals surface area contributed by atoms with E-state index in [4.69, 9.17) is 0 Å². The zero-order chi connectivity index (χ0) is 19.3. The van der Waals surface area contributed by atoms with Crippen LogP contribution >= 0.6 is 0 Å². The normalized spacial score (nSPS) is 17.5. The van der Waals surface area contributed by atoms with E-state index in [-0.39, 0.29) is 6.03 Å². The van der Waals surface area contributed by atoms with Crippen molar-refractivity contribution in [2.75, 3.05) is 54.4 Å². The number of urea groups is 1. The predicted octanol–water partition coefficient (Wildman–Crippen LogP) is 3.13. The Morgan fingerprint density at radius 2 is 1.54 bits per heavy atom. The molecule has 4 rings (SSSR count). The van der Waals surface area contributed by atoms with Gasteiger partial charge in [-0.3, -0.25) is 0 Å². The van der Waals surface area contributed by atoms with Gasteiger partial charge in [0.2, 0.25) is 0 Å². The number of hydrogen-bond acceptors (Lipinski definition) is 5. The third-order valence-corrected chi connectivity index (χ3v) is 5.60. The molecular weight excluding hydrogens is 352 g/mol. The minimum Gasteiger partial charge on any atom is -0.356 e. The third-order valence-electron chi connectivity index (χ3n) is 5.60. The first-order chi connectivity index (χ1) is 13.7. The van der Waals surface area contributed by atoms with Crippen LogP contribution in [0.2, 0.25) is 0 Å². The zero-order valence-electron chi connectivity index (χ0n) is 16.5. The highest BCUT2D eigenvalue weighted by Crippen LogP contribution is 2.22. The van der Waals surface area contributed by atoms with E-state index in [1.165, 1.54) is 19.3 Å². The van der Waals surface area contributed by atoms with Crippen LogP contribution in [0.5, 0.6) is 0 Å². The molecule has 2 amide bonds. The highest BCUT2D eigenvalue weighted by Gasteiger charge is 2.23. The summed E-state index contributed by atoms with van der Waals surface area (Å²) in [7, 11) is 0. The lowest BCUT2D eigenvalue weighted by atomic mass is 10.1. The first kappa shape index (κ1) is 18.5. The number of carbonyl (C=O) groups excluding carboxylic acids is 1. The summed E-state index contributed by atoms with van der Waals surface area (Å²) in [4.78, 5) is 28.0. The topological polar surface area (TPSA) is 64.6 Å². The Morgan fingerprint density at radius 3 is 2.21 bits per heavy atom. The number of nitrogens with zero attached hydrogens (tertiary/aromatic N) is 5. The molecule has 0 unspecified atom stereocenters. The Balaban J connectivity index is 1.35. The predicted molar refractivity (Wildman–Crippen MR) is 112 cm³/mol. The molecule has 2 saturated heterocycles. The number of nitrogens with one attached hydrogen (secondary N) is 1. The number of aryl methyl sites for hydroxylation is 1. The molecule has 0 bridgehead atoms. The van der Waals surface area contributed by atoms with Crippen molar-refractivity contribution in [2.24, 2.45) is 0 Å². The summed E-state index contributed by atoms with van der Waals surface area (Å²) in [6, 6.07) is 9.91. The van der Waals surface area contributed by atoms with Gasteiger partial charge in [0.15, 0.2) is 0 Å². The minimum atomic E-state index is -0.0364. The summed E-state index contributed by atoms with van der Waals surface area (Å²) in [5.74, 6) is 1.97. The number of amides is 2. The lowest BCUT2D eigenvalue weighted by Crippen LogP contribution is -2.50. The van der Waals surface area contributed by atoms with Crippen LogP contribution in [0.1, 0.15) is 24.8 Å². The van der Waals surface area contributed by atoms with Gasteiger partial charge in [-0.1, -0.05) is 18.2 Å². The van der Waals surface area contributed by atoms with Crippen LogP contribution in [-0.4, -0.2) is 60.2 Å². The highest BCUT2D eigenvalue weighted by atomic mass is 16.2. The van der Waals surface area contributed by atoms with Gasteiger partial charge in [-0.2, -0.15) is 0 Å². The van der Waals surface area contributed by atoms with Crippen LogP contribution in [0.3, 0.4) is 0 Å². The molecule has 0 atom stereocenters. The molecule has 1 N–H and O–H groups in total. The molecule has 1 aromatic heterocycles. The number of benzene rings is 1. The van der Waals surface area contributed by atoms with Crippen LogP contribution in [0.15, 0.2) is 36.7 Å². The van der Waals surface area contributed by atoms with Gasteiger partial charge in [-0.15, -0.1) is 0 Å². The van der Waals surface area contributed by atoms with Crippen molar-refractivity contribution >= 4 is 23.4 Å². The fourth-order valence-corrected chi connectivity index (χ4v) is 3.85. The van der Waals surface area contributed by atoms with E-state index in [0.29, 0.717) is 13.1 Å². The van der Waals surface area contributed by atoms with E-state index >= 15 is 0 Å². The monoisotopic (exact) mass is 380 g/mol. The largest absolute Gasteiger partial charge is 0.356 e. The van der Waals surface area contributed by atoms with Gasteiger partial charge in [0, 0.05) is 51.0 Å². The van der Waals surface area contributed by atoms with Crippen molar-refractivity contribution in [3.8, 4) is 0 Å². The molecule has 2 fully saturated rings. The van der Waals surface area contributed by atoms with E-state index < -0.39 is 0 Å². The quantitative estimate of drug-likeness (QED) is 0.886. The summed E-state index contributed by atoms with van der Waals surface area (Å²) >= 11 is 0. The van der Waals surface area contributed by atoms with Crippen molar-refractivity contribution in [3.63, 3.8) is 0 Å². The number of carbonyl (C=O) groups is 1. The Labute approximate surface area is 166 Å². The Bertz CT molecular complexity index is 812. The fourth-order valence-electron chi connectivity index (χ4n) is 3.85. The lowest BCUT2D eigenvalue weighted by molar-refractivity contribution is 0.208. The molecule has 7 heteroatoms. The smallest absolute Gasteiger partial charge is 0.321 e. The number of anilines is 3. The minimum absolute atomic E-state index is 0.0364. The first-order valence-corrected chi connectivity index (χ1v) is 10.1. The second-order valence-corrected chi connectivity index (χ2v) is 7.50. The van der Waals surface area contributed by atoms with Gasteiger partial charge in [0.05, 0.1) is 0 Å². The fraction of sp³-hybridized carbons (Fsp3) is 0.476. The van der Waals surface area contributed by atoms with Gasteiger partial charge in [0.25, 0.3) is 0 Å². The Kier molecular flexibility index (Phi) is 5.60. The Morgan fingerprint density at radius 1 is 0.893 bits per heavy atom. The molecule has 3 heterocycles. The van der Waals surface area contributed by atoms with Crippen LogP contribution in [0, 0.1) is 6.92 Å². The summed E-state index contributed by atoms with van der Waals surface area (Å²) in [5, 5.41) is 3.02. The van der Waals surface area contributed by atoms with Crippen molar-refractivity contribution in [2.45, 2.75) is 26.2 Å². The summed E-state index contributed by atoms with van der Waals surface area (Å²) in [6.07, 6.45) is 5.43. The molecule has 0 spiro atoms. The molecule has 148 valence electrons. The van der Waals surface area contributed by atoms with Crippen molar-refractivity contribution in [1.82, 2.24) is 14.9 Å². The van der Waals surface area contributed by atoms with Gasteiger partial charge in [-0.05, 0) is 37.8 Å². The third kappa shape index (κ3) is 4.18. The standard InChI is InChI=1S/C21H28N6O/c1-17-7-3-4-8-18(17)24-21(28)27-13-11-26(12-14-27)20-15-19(22-16-23-20)25-9-5-2-6-10-25/h3-4,7-8,15-16H,2,5-6,9-14H2,1H3,(H,24,28). The number of rotatable bonds is 3. The number of piperidine rings is 1. The first-order valence-electron chi connectivity index (χ1n) is 10.1. The van der Waals surface area contributed by atoms with Crippen molar-refractivity contribution in [3.05, 3.63) is 42.2 Å². The van der Waals surface area contributed by atoms with Gasteiger partial charge in [-0.25, -0.2) is 14.8 Å². The van der Waals surface area contributed by atoms with Crippen LogP contribution in [0.25, 0.3) is 0 Å². The lowest BCUT2D eigenvalue weighted by Gasteiger charge is -2.36. The number of aromatic nitrogens is 2. The maximum Gasteiger partial charge on any atom is 0.321 e. The van der Waals surface area contributed by atoms with Crippen molar-refractivity contribution < 1.29 is 4.79 Å². The molecule has 0 radical (unpaired) electrons. The maximum atomic E-state index is 12.6. The average Bonchev–Trinajstić information content (AvgIpc) is 2.76. The number of piperazine rings is 1. The van der Waals surface area contributed by atoms with E-state index in [0.717, 1.165) is 49.1 Å². The zero-order valence-corrected chi connectivity index (χ0v) is 16.5. The summed E-state index contributed by atoms with van der Waals surface area (Å²) in [5.41, 5.74) is 1.94. The SMILES string of the molecule is Cc1ccccc1NC(=O)N1CCN(c2cc(N3CCCCC3)ncn2)CC1. The maximum absolute atomic E-state index is 12.6. The van der Waals surface area contributed by atoms with Gasteiger partial charge in [0.1, 0.15) is 18.0 Å². The molecule has 28 heavy (non-hydrogen) atoms. The van der Waals surface area contributed by atoms with E-state index in [1.54, 1.807) is 6.33 Å². The highest BCUT2D eigenvalue weighted by molar-refractivity contribution is 5.90. The molecule has 1 aromatic carbocycles. The molecule has 0 saturated carbocycles. The molecule has 0 aliphatic carbocycles. The van der Waals surface area contributed by atoms with Crippen LogP contribution < -0.4 is 15.1 Å². The summed E-state index contributed by atoms with van der Waals surface area (Å²) < 4.78 is 0. The van der Waals surface area contributed by atoms with Gasteiger partial charge >= 0.3 is 6.03 Å². The van der Waals surface area contributed by atoms with Gasteiger partial charge < -0.3 is 20.0 Å². The van der Waals surface area contributed by atoms with Crippen LogP contribution in [-0.2, 0) is 0 Å². The molecule has 2 aliphatic heterocycles. The molecule has 7 nitrogen and oxygen atoms in total. The van der Waals surface area contributed by atoms with Crippen molar-refractivity contribution in [1.29, 1.82) is 0 Å². The second kappa shape index (κ2) is 8.46. The average molecular weight is 380 g/mol. The number of hydrogen-bond donors (Lipinski definition) is 1. The summed E-state index contributed by atoms with van der Waals surface area (Å²) in [6.45, 7) is 7.06. The van der Waals surface area contributed by atoms with E-state index in [2.05, 4.69) is 31.2 Å². The number of para-hydroxylation sites is 1. The van der Waals surface area contributed by atoms with Crippen LogP contribution in [0.4, 0.5) is 22.1 Å². The van der Waals surface area contributed by atoms with E-state index in [1.807, 2.05) is 36.1 Å². The van der Waals surface area contributed by atoms with E-state index in [9.17, 15) is 4.79 Å². The molecular formula is C21H28N6O. The second-order valence-electron chi connectivity index (χ2n) is 7.50. The molecule has 2 aliphatic rings. The molecule has 2 aromatic rings.